The first-order valence-electron chi connectivity index (χ1n) is 7.50. The molecule has 0 bridgehead atoms. The van der Waals surface area contributed by atoms with E-state index < -0.39 is 0 Å². The molecule has 0 heterocycles. The molecule has 0 aromatic heterocycles. The maximum Gasteiger partial charge on any atom is 0.142 e. The second-order valence-electron chi connectivity index (χ2n) is 5.09. The van der Waals surface area contributed by atoms with Crippen molar-refractivity contribution in [1.82, 2.24) is 0 Å². The van der Waals surface area contributed by atoms with E-state index in [1.54, 1.807) is 6.08 Å². The molecule has 0 radical (unpaired) electrons. The van der Waals surface area contributed by atoms with E-state index in [1.165, 1.54) is 6.08 Å². The summed E-state index contributed by atoms with van der Waals surface area (Å²) in [5.41, 5.74) is 4.29. The molecule has 0 unspecified atom stereocenters. The largest absolute Gasteiger partial charge is 0.311 e. The van der Waals surface area contributed by atoms with Crippen LogP contribution in [0, 0.1) is 0 Å². The van der Waals surface area contributed by atoms with Crippen LogP contribution in [0.2, 0.25) is 0 Å². The fraction of sp³-hybridized carbons (Fsp3) is 0. The van der Waals surface area contributed by atoms with Crippen molar-refractivity contribution in [2.24, 2.45) is 0 Å². The summed E-state index contributed by atoms with van der Waals surface area (Å²) in [6, 6.07) is 28.7. The standard InChI is InChI=1S/C21H17NO/c23-17-7-8-18-13-15-21(16-14-18)22(19-9-3-1-4-10-19)20-11-5-2-6-12-20/h1-17H/b8-7+. The molecule has 0 amide bonds. The maximum absolute atomic E-state index is 10.4. The number of carbonyl (C=O) groups excluding carboxylic acids is 1. The monoisotopic (exact) mass is 299 g/mol. The number of hydrogen-bond acceptors (Lipinski definition) is 2. The fourth-order valence-corrected chi connectivity index (χ4v) is 2.49. The first-order chi connectivity index (χ1) is 11.4. The first-order valence-corrected chi connectivity index (χ1v) is 7.50. The van der Waals surface area contributed by atoms with E-state index in [0.29, 0.717) is 0 Å². The van der Waals surface area contributed by atoms with Gasteiger partial charge in [0, 0.05) is 17.1 Å². The Morgan fingerprint density at radius 3 is 1.57 bits per heavy atom. The van der Waals surface area contributed by atoms with E-state index in [1.807, 2.05) is 48.5 Å². The van der Waals surface area contributed by atoms with Gasteiger partial charge in [0.15, 0.2) is 0 Å². The van der Waals surface area contributed by atoms with Gasteiger partial charge in [0.25, 0.3) is 0 Å². The molecule has 0 aliphatic heterocycles. The molecular formula is C21H17NO. The molecule has 3 rings (SSSR count). The lowest BCUT2D eigenvalue weighted by atomic mass is 10.1. The van der Waals surface area contributed by atoms with Gasteiger partial charge in [0.05, 0.1) is 0 Å². The third-order valence-corrected chi connectivity index (χ3v) is 3.55. The van der Waals surface area contributed by atoms with Crippen molar-refractivity contribution in [1.29, 1.82) is 0 Å². The highest BCUT2D eigenvalue weighted by Gasteiger charge is 2.10. The minimum Gasteiger partial charge on any atom is -0.311 e. The molecular weight excluding hydrogens is 282 g/mol. The first kappa shape index (κ1) is 14.8. The van der Waals surface area contributed by atoms with Crippen LogP contribution in [0.5, 0.6) is 0 Å². The highest BCUT2D eigenvalue weighted by Crippen LogP contribution is 2.34. The van der Waals surface area contributed by atoms with Crippen molar-refractivity contribution in [3.63, 3.8) is 0 Å². The third-order valence-electron chi connectivity index (χ3n) is 3.55. The third kappa shape index (κ3) is 3.55. The normalized spacial score (nSPS) is 10.6. The van der Waals surface area contributed by atoms with Gasteiger partial charge < -0.3 is 4.90 Å². The van der Waals surface area contributed by atoms with Crippen molar-refractivity contribution in [3.05, 3.63) is 96.6 Å². The average molecular weight is 299 g/mol. The van der Waals surface area contributed by atoms with Crippen molar-refractivity contribution in [2.45, 2.75) is 0 Å². The molecule has 0 N–H and O–H groups in total. The lowest BCUT2D eigenvalue weighted by molar-refractivity contribution is -0.104. The number of nitrogens with zero attached hydrogens (tertiary/aromatic N) is 1. The molecule has 0 saturated carbocycles. The Balaban J connectivity index is 2.02. The highest BCUT2D eigenvalue weighted by molar-refractivity contribution is 5.78. The van der Waals surface area contributed by atoms with Gasteiger partial charge in [0.2, 0.25) is 0 Å². The Morgan fingerprint density at radius 1 is 0.609 bits per heavy atom. The molecule has 2 heteroatoms. The van der Waals surface area contributed by atoms with Crippen LogP contribution < -0.4 is 4.90 Å². The van der Waals surface area contributed by atoms with Crippen molar-refractivity contribution in [3.8, 4) is 0 Å². The van der Waals surface area contributed by atoms with Gasteiger partial charge in [-0.3, -0.25) is 4.79 Å². The predicted octanol–water partition coefficient (Wildman–Crippen LogP) is 5.37. The topological polar surface area (TPSA) is 20.3 Å². The zero-order chi connectivity index (χ0) is 15.9. The number of aldehydes is 1. The van der Waals surface area contributed by atoms with E-state index in [0.717, 1.165) is 28.9 Å². The van der Waals surface area contributed by atoms with Crippen LogP contribution in [-0.4, -0.2) is 6.29 Å². The predicted molar refractivity (Wildman–Crippen MR) is 96.2 cm³/mol. The lowest BCUT2D eigenvalue weighted by Gasteiger charge is -2.25. The van der Waals surface area contributed by atoms with E-state index >= 15 is 0 Å². The number of hydrogen-bond donors (Lipinski definition) is 0. The smallest absolute Gasteiger partial charge is 0.142 e. The summed E-state index contributed by atoms with van der Waals surface area (Å²) in [4.78, 5) is 12.6. The molecule has 3 aromatic carbocycles. The van der Waals surface area contributed by atoms with Crippen molar-refractivity contribution < 1.29 is 4.79 Å². The summed E-state index contributed by atoms with van der Waals surface area (Å²) in [6.07, 6.45) is 4.08. The Bertz CT molecular complexity index is 738. The summed E-state index contributed by atoms with van der Waals surface area (Å²) in [7, 11) is 0. The molecule has 0 saturated heterocycles. The molecule has 0 spiro atoms. The van der Waals surface area contributed by atoms with Crippen molar-refractivity contribution >= 4 is 29.4 Å². The number of para-hydroxylation sites is 2. The molecule has 23 heavy (non-hydrogen) atoms. The van der Waals surface area contributed by atoms with Crippen LogP contribution in [0.1, 0.15) is 5.56 Å². The number of benzene rings is 3. The van der Waals surface area contributed by atoms with Crippen LogP contribution >= 0.6 is 0 Å². The lowest BCUT2D eigenvalue weighted by Crippen LogP contribution is -2.09. The van der Waals surface area contributed by atoms with Crippen molar-refractivity contribution in [2.75, 3.05) is 4.90 Å². The Morgan fingerprint density at radius 2 is 1.09 bits per heavy atom. The van der Waals surface area contributed by atoms with Gasteiger partial charge in [-0.25, -0.2) is 0 Å². The molecule has 0 aliphatic rings. The molecule has 2 nitrogen and oxygen atoms in total. The minimum absolute atomic E-state index is 0.786. The fourth-order valence-electron chi connectivity index (χ4n) is 2.49. The summed E-state index contributed by atoms with van der Waals surface area (Å²) >= 11 is 0. The van der Waals surface area contributed by atoms with Gasteiger partial charge in [-0.05, 0) is 48.0 Å². The number of carbonyl (C=O) groups is 1. The summed E-state index contributed by atoms with van der Waals surface area (Å²) in [5, 5.41) is 0. The van der Waals surface area contributed by atoms with Crippen LogP contribution in [0.3, 0.4) is 0 Å². The zero-order valence-corrected chi connectivity index (χ0v) is 12.7. The van der Waals surface area contributed by atoms with Gasteiger partial charge in [-0.15, -0.1) is 0 Å². The highest BCUT2D eigenvalue weighted by atomic mass is 16.1. The number of allylic oxidation sites excluding steroid dienone is 1. The number of anilines is 3. The summed E-state index contributed by atoms with van der Waals surface area (Å²) in [5.74, 6) is 0. The van der Waals surface area contributed by atoms with Gasteiger partial charge in [0.1, 0.15) is 6.29 Å². The molecule has 112 valence electrons. The van der Waals surface area contributed by atoms with Gasteiger partial charge >= 0.3 is 0 Å². The molecule has 0 fully saturated rings. The second kappa shape index (κ2) is 7.23. The van der Waals surface area contributed by atoms with E-state index in [4.69, 9.17) is 0 Å². The Kier molecular flexibility index (Phi) is 4.65. The van der Waals surface area contributed by atoms with Gasteiger partial charge in [-0.1, -0.05) is 54.6 Å². The van der Waals surface area contributed by atoms with Gasteiger partial charge in [-0.2, -0.15) is 0 Å². The zero-order valence-electron chi connectivity index (χ0n) is 12.7. The van der Waals surface area contributed by atoms with E-state index in [2.05, 4.69) is 41.3 Å². The SMILES string of the molecule is O=C/C=C/c1ccc(N(c2ccccc2)c2ccccc2)cc1. The maximum atomic E-state index is 10.4. The van der Waals surface area contributed by atoms with Crippen LogP contribution in [0.25, 0.3) is 6.08 Å². The quantitative estimate of drug-likeness (QED) is 0.466. The molecule has 3 aromatic rings. The van der Waals surface area contributed by atoms with Crippen LogP contribution in [-0.2, 0) is 4.79 Å². The minimum atomic E-state index is 0.786. The summed E-state index contributed by atoms with van der Waals surface area (Å²) < 4.78 is 0. The second-order valence-corrected chi connectivity index (χ2v) is 5.09. The van der Waals surface area contributed by atoms with E-state index in [-0.39, 0.29) is 0 Å². The molecule has 0 atom stereocenters. The average Bonchev–Trinajstić information content (AvgIpc) is 2.63. The summed E-state index contributed by atoms with van der Waals surface area (Å²) in [6.45, 7) is 0. The van der Waals surface area contributed by atoms with Crippen LogP contribution in [0.4, 0.5) is 17.1 Å². The van der Waals surface area contributed by atoms with Crippen LogP contribution in [0.15, 0.2) is 91.0 Å². The van der Waals surface area contributed by atoms with E-state index in [9.17, 15) is 4.79 Å². The Hall–Kier alpha value is -3.13. The molecule has 0 aliphatic carbocycles. The Labute approximate surface area is 136 Å². The number of rotatable bonds is 5.